The number of nitro groups is 1. The van der Waals surface area contributed by atoms with Crippen molar-refractivity contribution in [3.05, 3.63) is 44.8 Å². The van der Waals surface area contributed by atoms with Gasteiger partial charge in [0.05, 0.1) is 10.6 Å². The van der Waals surface area contributed by atoms with Crippen LogP contribution in [0, 0.1) is 10.1 Å². The molecule has 0 radical (unpaired) electrons. The molecule has 0 spiro atoms. The fraction of sp³-hybridized carbons (Fsp3) is 0.308. The molecule has 0 saturated carbocycles. The van der Waals surface area contributed by atoms with Gasteiger partial charge in [0.1, 0.15) is 5.01 Å². The zero-order chi connectivity index (χ0) is 13.8. The van der Waals surface area contributed by atoms with E-state index in [9.17, 15) is 10.1 Å². The topological polar surface area (TPSA) is 68.1 Å². The quantitative estimate of drug-likeness (QED) is 0.673. The molecule has 0 aliphatic heterocycles. The van der Waals surface area contributed by atoms with Crippen LogP contribution in [0.15, 0.2) is 29.6 Å². The van der Waals surface area contributed by atoms with Gasteiger partial charge in [-0.2, -0.15) is 0 Å². The van der Waals surface area contributed by atoms with Crippen molar-refractivity contribution in [3.8, 4) is 11.3 Å². The van der Waals surface area contributed by atoms with Crippen LogP contribution < -0.4 is 5.32 Å². The summed E-state index contributed by atoms with van der Waals surface area (Å²) in [6, 6.07) is 6.96. The van der Waals surface area contributed by atoms with Gasteiger partial charge in [-0.25, -0.2) is 4.98 Å². The van der Waals surface area contributed by atoms with Crippen LogP contribution in [-0.4, -0.2) is 15.9 Å². The first-order valence-electron chi connectivity index (χ1n) is 5.99. The second kappa shape index (κ2) is 5.90. The molecule has 0 bridgehead atoms. The Hall–Kier alpha value is -1.79. The van der Waals surface area contributed by atoms with Crippen LogP contribution in [0.4, 0.5) is 5.69 Å². The highest BCUT2D eigenvalue weighted by molar-refractivity contribution is 7.09. The van der Waals surface area contributed by atoms with Gasteiger partial charge in [0, 0.05) is 35.7 Å². The summed E-state index contributed by atoms with van der Waals surface area (Å²) in [6.07, 6.45) is 0. The van der Waals surface area contributed by atoms with Crippen molar-refractivity contribution in [1.82, 2.24) is 10.3 Å². The molecule has 0 aliphatic carbocycles. The van der Waals surface area contributed by atoms with Gasteiger partial charge < -0.3 is 5.32 Å². The standard InChI is InChI=1S/C13H15N3O2S/c1-9(2)14-7-13-15-12(8-19-13)10-4-3-5-11(6-10)16(17)18/h3-6,8-9,14H,7H2,1-2H3. The van der Waals surface area contributed by atoms with Gasteiger partial charge in [-0.05, 0) is 0 Å². The largest absolute Gasteiger partial charge is 0.308 e. The highest BCUT2D eigenvalue weighted by Crippen LogP contribution is 2.25. The Bertz CT molecular complexity index is 581. The maximum atomic E-state index is 10.7. The van der Waals surface area contributed by atoms with Crippen molar-refractivity contribution in [2.24, 2.45) is 0 Å². The monoisotopic (exact) mass is 277 g/mol. The van der Waals surface area contributed by atoms with Gasteiger partial charge in [-0.1, -0.05) is 26.0 Å². The van der Waals surface area contributed by atoms with Crippen LogP contribution in [-0.2, 0) is 6.54 Å². The molecule has 1 aromatic heterocycles. The first-order valence-corrected chi connectivity index (χ1v) is 6.87. The number of hydrogen-bond donors (Lipinski definition) is 1. The van der Waals surface area contributed by atoms with Crippen LogP contribution in [0.1, 0.15) is 18.9 Å². The van der Waals surface area contributed by atoms with Crippen LogP contribution in [0.25, 0.3) is 11.3 Å². The fourth-order valence-corrected chi connectivity index (χ4v) is 2.35. The zero-order valence-corrected chi connectivity index (χ0v) is 11.6. The molecule has 0 fully saturated rings. The Morgan fingerprint density at radius 2 is 2.26 bits per heavy atom. The molecular formula is C13H15N3O2S. The lowest BCUT2D eigenvalue weighted by Crippen LogP contribution is -2.21. The Kier molecular flexibility index (Phi) is 4.24. The Balaban J connectivity index is 2.18. The highest BCUT2D eigenvalue weighted by atomic mass is 32.1. The van der Waals surface area contributed by atoms with Crippen molar-refractivity contribution >= 4 is 17.0 Å². The predicted molar refractivity (Wildman–Crippen MR) is 76.2 cm³/mol. The molecular weight excluding hydrogens is 262 g/mol. The molecule has 2 rings (SSSR count). The van der Waals surface area contributed by atoms with E-state index in [0.29, 0.717) is 6.04 Å². The molecule has 0 saturated heterocycles. The van der Waals surface area contributed by atoms with Crippen molar-refractivity contribution in [1.29, 1.82) is 0 Å². The molecule has 1 heterocycles. The Morgan fingerprint density at radius 1 is 1.47 bits per heavy atom. The number of thiazole rings is 1. The summed E-state index contributed by atoms with van der Waals surface area (Å²) in [5.41, 5.74) is 1.66. The van der Waals surface area contributed by atoms with E-state index in [1.54, 1.807) is 23.5 Å². The third-order valence-corrected chi connectivity index (χ3v) is 3.41. The summed E-state index contributed by atoms with van der Waals surface area (Å²) in [4.78, 5) is 14.8. The number of nitrogens with zero attached hydrogens (tertiary/aromatic N) is 2. The third-order valence-electron chi connectivity index (χ3n) is 2.57. The van der Waals surface area contributed by atoms with Gasteiger partial charge in [0.2, 0.25) is 0 Å². The Labute approximate surface area is 115 Å². The predicted octanol–water partition coefficient (Wildman–Crippen LogP) is 3.22. The number of nitrogens with one attached hydrogen (secondary N) is 1. The van der Waals surface area contributed by atoms with E-state index < -0.39 is 4.92 Å². The van der Waals surface area contributed by atoms with E-state index in [1.807, 2.05) is 11.4 Å². The second-order valence-corrected chi connectivity index (χ2v) is 5.41. The summed E-state index contributed by atoms with van der Waals surface area (Å²) in [5.74, 6) is 0. The van der Waals surface area contributed by atoms with Crippen LogP contribution in [0.5, 0.6) is 0 Å². The first-order chi connectivity index (χ1) is 9.06. The first kappa shape index (κ1) is 13.6. The maximum Gasteiger partial charge on any atom is 0.270 e. The van der Waals surface area contributed by atoms with E-state index in [-0.39, 0.29) is 5.69 Å². The smallest absolute Gasteiger partial charge is 0.270 e. The van der Waals surface area contributed by atoms with Gasteiger partial charge in [-0.15, -0.1) is 11.3 Å². The third kappa shape index (κ3) is 3.59. The van der Waals surface area contributed by atoms with E-state index in [4.69, 9.17) is 0 Å². The van der Waals surface area contributed by atoms with Crippen molar-refractivity contribution in [2.45, 2.75) is 26.4 Å². The summed E-state index contributed by atoms with van der Waals surface area (Å²) >= 11 is 1.56. The highest BCUT2D eigenvalue weighted by Gasteiger charge is 2.10. The number of benzene rings is 1. The molecule has 6 heteroatoms. The summed E-state index contributed by atoms with van der Waals surface area (Å²) < 4.78 is 0. The lowest BCUT2D eigenvalue weighted by molar-refractivity contribution is -0.384. The summed E-state index contributed by atoms with van der Waals surface area (Å²) in [7, 11) is 0. The van der Waals surface area contributed by atoms with Crippen LogP contribution >= 0.6 is 11.3 Å². The number of hydrogen-bond acceptors (Lipinski definition) is 5. The summed E-state index contributed by atoms with van der Waals surface area (Å²) in [5, 5.41) is 16.9. The minimum atomic E-state index is -0.392. The van der Waals surface area contributed by atoms with Gasteiger partial charge >= 0.3 is 0 Å². The SMILES string of the molecule is CC(C)NCc1nc(-c2cccc([N+](=O)[O-])c2)cs1. The minimum Gasteiger partial charge on any atom is -0.308 e. The molecule has 0 atom stereocenters. The molecule has 1 N–H and O–H groups in total. The maximum absolute atomic E-state index is 10.7. The van der Waals surface area contributed by atoms with Crippen LogP contribution in [0.2, 0.25) is 0 Å². The van der Waals surface area contributed by atoms with Crippen molar-refractivity contribution in [2.75, 3.05) is 0 Å². The molecule has 0 amide bonds. The molecule has 0 unspecified atom stereocenters. The molecule has 2 aromatic rings. The van der Waals surface area contributed by atoms with Crippen molar-refractivity contribution in [3.63, 3.8) is 0 Å². The Morgan fingerprint density at radius 3 is 2.95 bits per heavy atom. The molecule has 19 heavy (non-hydrogen) atoms. The van der Waals surface area contributed by atoms with Crippen LogP contribution in [0.3, 0.4) is 0 Å². The van der Waals surface area contributed by atoms with Gasteiger partial charge in [0.15, 0.2) is 0 Å². The average molecular weight is 277 g/mol. The van der Waals surface area contributed by atoms with Crippen molar-refractivity contribution < 1.29 is 4.92 Å². The minimum absolute atomic E-state index is 0.0901. The fourth-order valence-electron chi connectivity index (χ4n) is 1.59. The lowest BCUT2D eigenvalue weighted by atomic mass is 10.1. The van der Waals surface area contributed by atoms with E-state index in [2.05, 4.69) is 24.1 Å². The zero-order valence-electron chi connectivity index (χ0n) is 10.8. The molecule has 5 nitrogen and oxygen atoms in total. The average Bonchev–Trinajstić information content (AvgIpc) is 2.85. The lowest BCUT2D eigenvalue weighted by Gasteiger charge is -2.04. The van der Waals surface area contributed by atoms with E-state index in [0.717, 1.165) is 22.8 Å². The molecule has 0 aliphatic rings. The molecule has 1 aromatic carbocycles. The normalized spacial score (nSPS) is 10.9. The van der Waals surface area contributed by atoms with Gasteiger partial charge in [0.25, 0.3) is 5.69 Å². The van der Waals surface area contributed by atoms with E-state index in [1.165, 1.54) is 6.07 Å². The number of aromatic nitrogens is 1. The molecule has 100 valence electrons. The second-order valence-electron chi connectivity index (χ2n) is 4.47. The summed E-state index contributed by atoms with van der Waals surface area (Å²) in [6.45, 7) is 4.88. The number of rotatable bonds is 5. The number of non-ortho nitro benzene ring substituents is 1. The number of nitro benzene ring substituents is 1. The van der Waals surface area contributed by atoms with E-state index >= 15 is 0 Å². The van der Waals surface area contributed by atoms with Gasteiger partial charge in [-0.3, -0.25) is 10.1 Å².